The van der Waals surface area contributed by atoms with Crippen LogP contribution in [0.1, 0.15) is 57.4 Å². The summed E-state index contributed by atoms with van der Waals surface area (Å²) in [5.41, 5.74) is 1.30. The lowest BCUT2D eigenvalue weighted by Gasteiger charge is -2.36. The van der Waals surface area contributed by atoms with Crippen LogP contribution in [0.25, 0.3) is 0 Å². The van der Waals surface area contributed by atoms with E-state index in [1.54, 1.807) is 6.92 Å². The molecule has 0 bridgehead atoms. The Morgan fingerprint density at radius 2 is 1.86 bits per heavy atom. The van der Waals surface area contributed by atoms with Crippen LogP contribution >= 0.6 is 0 Å². The van der Waals surface area contributed by atoms with E-state index in [0.717, 1.165) is 43.4 Å². The van der Waals surface area contributed by atoms with Crippen molar-refractivity contribution in [3.8, 4) is 0 Å². The standard InChI is InChI=1S/C22H30NO5/c1-3-17-9-5-6-10-18(17)23-15-21(27)28-16(2)19(24)13-22(14-20(25)26)11-7-4-8-12-22/h5-6,9-10,16,23H,1,3-4,7-8,11-15H2,2H3,(H,25,26). The number of benzene rings is 1. The first-order valence-electron chi connectivity index (χ1n) is 9.90. The molecular weight excluding hydrogens is 358 g/mol. The van der Waals surface area contributed by atoms with Gasteiger partial charge in [-0.3, -0.25) is 14.4 Å². The van der Waals surface area contributed by atoms with Crippen molar-refractivity contribution in [2.45, 2.75) is 64.4 Å². The van der Waals surface area contributed by atoms with Crippen LogP contribution in [-0.2, 0) is 25.5 Å². The Kier molecular flexibility index (Phi) is 8.03. The quantitative estimate of drug-likeness (QED) is 0.593. The Hall–Kier alpha value is -2.37. The third-order valence-corrected chi connectivity index (χ3v) is 5.46. The molecule has 153 valence electrons. The van der Waals surface area contributed by atoms with Crippen molar-refractivity contribution in [3.05, 3.63) is 36.8 Å². The van der Waals surface area contributed by atoms with Crippen molar-refractivity contribution in [2.75, 3.05) is 11.9 Å². The van der Waals surface area contributed by atoms with Crippen LogP contribution in [0.5, 0.6) is 0 Å². The molecule has 0 aliphatic heterocycles. The highest BCUT2D eigenvalue weighted by Gasteiger charge is 2.38. The smallest absolute Gasteiger partial charge is 0.326 e. The molecule has 1 unspecified atom stereocenters. The molecule has 2 rings (SSSR count). The zero-order valence-corrected chi connectivity index (χ0v) is 16.5. The summed E-state index contributed by atoms with van der Waals surface area (Å²) in [7, 11) is 0. The number of aliphatic carboxylic acids is 1. The number of anilines is 1. The van der Waals surface area contributed by atoms with Crippen LogP contribution in [-0.4, -0.2) is 35.5 Å². The van der Waals surface area contributed by atoms with E-state index in [1.807, 2.05) is 24.3 Å². The molecule has 1 aromatic carbocycles. The molecule has 0 amide bonds. The molecule has 0 heterocycles. The normalized spacial score (nSPS) is 16.8. The zero-order chi connectivity index (χ0) is 20.6. The fourth-order valence-corrected chi connectivity index (χ4v) is 3.93. The number of esters is 1. The number of ether oxygens (including phenoxy) is 1. The molecule has 0 aromatic heterocycles. The molecule has 1 aromatic rings. The minimum absolute atomic E-state index is 0.0111. The van der Waals surface area contributed by atoms with Gasteiger partial charge in [0, 0.05) is 12.1 Å². The van der Waals surface area contributed by atoms with Gasteiger partial charge in [0.05, 0.1) is 6.42 Å². The maximum Gasteiger partial charge on any atom is 0.326 e. The van der Waals surface area contributed by atoms with E-state index < -0.39 is 23.5 Å². The van der Waals surface area contributed by atoms with Gasteiger partial charge in [0.1, 0.15) is 6.54 Å². The molecule has 6 heteroatoms. The Bertz CT molecular complexity index is 694. The molecule has 28 heavy (non-hydrogen) atoms. The molecule has 1 aliphatic carbocycles. The molecule has 1 radical (unpaired) electrons. The predicted octanol–water partition coefficient (Wildman–Crippen LogP) is 3.79. The molecule has 1 fully saturated rings. The zero-order valence-electron chi connectivity index (χ0n) is 16.5. The second-order valence-electron chi connectivity index (χ2n) is 7.67. The Morgan fingerprint density at radius 3 is 2.50 bits per heavy atom. The van der Waals surface area contributed by atoms with Gasteiger partial charge in [-0.15, -0.1) is 0 Å². The highest BCUT2D eigenvalue weighted by Crippen LogP contribution is 2.42. The number of rotatable bonds is 10. The van der Waals surface area contributed by atoms with E-state index in [-0.39, 0.29) is 25.2 Å². The summed E-state index contributed by atoms with van der Waals surface area (Å²) in [6.07, 6.45) is 4.25. The third-order valence-electron chi connectivity index (χ3n) is 5.46. The van der Waals surface area contributed by atoms with E-state index in [0.29, 0.717) is 6.42 Å². The van der Waals surface area contributed by atoms with Crippen LogP contribution in [0.15, 0.2) is 24.3 Å². The van der Waals surface area contributed by atoms with E-state index in [9.17, 15) is 19.5 Å². The lowest BCUT2D eigenvalue weighted by atomic mass is 9.68. The minimum Gasteiger partial charge on any atom is -0.481 e. The Morgan fingerprint density at radius 1 is 1.18 bits per heavy atom. The highest BCUT2D eigenvalue weighted by molar-refractivity contribution is 5.87. The second-order valence-corrected chi connectivity index (χ2v) is 7.67. The molecule has 6 nitrogen and oxygen atoms in total. The summed E-state index contributed by atoms with van der Waals surface area (Å²) < 4.78 is 5.28. The third kappa shape index (κ3) is 6.36. The van der Waals surface area contributed by atoms with Crippen LogP contribution in [0.2, 0.25) is 0 Å². The van der Waals surface area contributed by atoms with Crippen molar-refractivity contribution < 1.29 is 24.2 Å². The molecule has 1 atom stereocenters. The van der Waals surface area contributed by atoms with Crippen LogP contribution < -0.4 is 5.32 Å². The number of nitrogens with one attached hydrogen (secondary N) is 1. The maximum atomic E-state index is 12.6. The number of hydrogen-bond acceptors (Lipinski definition) is 5. The molecule has 0 spiro atoms. The number of Topliss-reactive ketones (excluding diaryl/α,β-unsaturated/α-hetero) is 1. The van der Waals surface area contributed by atoms with Gasteiger partial charge in [-0.1, -0.05) is 37.5 Å². The summed E-state index contributed by atoms with van der Waals surface area (Å²) in [5.74, 6) is -1.61. The summed E-state index contributed by atoms with van der Waals surface area (Å²) in [5, 5.41) is 12.3. The predicted molar refractivity (Wildman–Crippen MR) is 107 cm³/mol. The van der Waals surface area contributed by atoms with Gasteiger partial charge in [0.25, 0.3) is 0 Å². The number of carboxylic acid groups (broad SMARTS) is 1. The van der Waals surface area contributed by atoms with Gasteiger partial charge in [-0.05, 0) is 50.2 Å². The summed E-state index contributed by atoms with van der Waals surface area (Å²) in [6.45, 7) is 5.37. The van der Waals surface area contributed by atoms with E-state index in [4.69, 9.17) is 4.74 Å². The topological polar surface area (TPSA) is 92.7 Å². The average Bonchev–Trinajstić information content (AvgIpc) is 2.66. The number of carbonyl (C=O) groups excluding carboxylic acids is 2. The van der Waals surface area contributed by atoms with Gasteiger partial charge >= 0.3 is 11.9 Å². The average molecular weight is 388 g/mol. The number of hydrogen-bond donors (Lipinski definition) is 2. The number of carboxylic acids is 1. The largest absolute Gasteiger partial charge is 0.481 e. The van der Waals surface area contributed by atoms with E-state index in [2.05, 4.69) is 12.2 Å². The van der Waals surface area contributed by atoms with Gasteiger partial charge < -0.3 is 15.2 Å². The van der Waals surface area contributed by atoms with Crippen molar-refractivity contribution >= 4 is 23.4 Å². The van der Waals surface area contributed by atoms with Gasteiger partial charge in [-0.2, -0.15) is 0 Å². The number of carbonyl (C=O) groups is 3. The molecule has 0 saturated heterocycles. The number of ketones is 1. The summed E-state index contributed by atoms with van der Waals surface area (Å²) in [4.78, 5) is 36.0. The lowest BCUT2D eigenvalue weighted by molar-refractivity contribution is -0.154. The molecule has 1 saturated carbocycles. The van der Waals surface area contributed by atoms with E-state index in [1.165, 1.54) is 0 Å². The summed E-state index contributed by atoms with van der Waals surface area (Å²) >= 11 is 0. The highest BCUT2D eigenvalue weighted by atomic mass is 16.5. The van der Waals surface area contributed by atoms with Crippen LogP contribution in [0.4, 0.5) is 5.69 Å². The SMILES string of the molecule is [CH2]Cc1ccccc1NCC(=O)OC(C)C(=O)CC1(CC(=O)O)CCCCC1. The van der Waals surface area contributed by atoms with Gasteiger partial charge in [0.2, 0.25) is 0 Å². The Labute approximate surface area is 166 Å². The number of para-hydroxylation sites is 1. The monoisotopic (exact) mass is 388 g/mol. The molecule has 2 N–H and O–H groups in total. The van der Waals surface area contributed by atoms with Gasteiger partial charge in [-0.25, -0.2) is 0 Å². The second kappa shape index (κ2) is 10.2. The van der Waals surface area contributed by atoms with Crippen LogP contribution in [0, 0.1) is 12.3 Å². The van der Waals surface area contributed by atoms with Crippen molar-refractivity contribution in [2.24, 2.45) is 5.41 Å². The lowest BCUT2D eigenvalue weighted by Crippen LogP contribution is -2.35. The first kappa shape index (κ1) is 21.9. The first-order chi connectivity index (χ1) is 13.3. The first-order valence-corrected chi connectivity index (χ1v) is 9.90. The Balaban J connectivity index is 1.88. The summed E-state index contributed by atoms with van der Waals surface area (Å²) in [6, 6.07) is 7.56. The van der Waals surface area contributed by atoms with Crippen molar-refractivity contribution in [1.82, 2.24) is 0 Å². The minimum atomic E-state index is -0.884. The van der Waals surface area contributed by atoms with Crippen LogP contribution in [0.3, 0.4) is 0 Å². The van der Waals surface area contributed by atoms with Gasteiger partial charge in [0.15, 0.2) is 11.9 Å². The van der Waals surface area contributed by atoms with E-state index >= 15 is 0 Å². The molecule has 1 aliphatic rings. The fourth-order valence-electron chi connectivity index (χ4n) is 3.93. The van der Waals surface area contributed by atoms with Crippen molar-refractivity contribution in [1.29, 1.82) is 0 Å². The molecular formula is C22H30NO5. The van der Waals surface area contributed by atoms with Crippen molar-refractivity contribution in [3.63, 3.8) is 0 Å². The maximum absolute atomic E-state index is 12.6. The fraction of sp³-hybridized carbons (Fsp3) is 0.545.